The molecule has 3 saturated carbocycles. The van der Waals surface area contributed by atoms with Crippen molar-refractivity contribution in [2.24, 2.45) is 17.3 Å². The lowest BCUT2D eigenvalue weighted by Crippen LogP contribution is -2.55. The molecule has 0 spiro atoms. The van der Waals surface area contributed by atoms with Gasteiger partial charge in [-0.25, -0.2) is 4.79 Å². The summed E-state index contributed by atoms with van der Waals surface area (Å²) < 4.78 is 5.54. The molecule has 1 aromatic carbocycles. The van der Waals surface area contributed by atoms with E-state index in [1.54, 1.807) is 0 Å². The zero-order chi connectivity index (χ0) is 17.6. The smallest absolute Gasteiger partial charge is 0.345 e. The molecule has 0 saturated heterocycles. The van der Waals surface area contributed by atoms with Gasteiger partial charge in [-0.3, -0.25) is 20.2 Å². The van der Waals surface area contributed by atoms with Crippen LogP contribution in [0.3, 0.4) is 0 Å². The molecule has 24 heavy (non-hydrogen) atoms. The summed E-state index contributed by atoms with van der Waals surface area (Å²) in [4.78, 5) is 32.8. The third-order valence-corrected chi connectivity index (χ3v) is 5.66. The molecule has 0 heterocycles. The molecule has 0 aliphatic heterocycles. The van der Waals surface area contributed by atoms with Crippen molar-refractivity contribution in [1.82, 2.24) is 0 Å². The predicted molar refractivity (Wildman–Crippen MR) is 83.6 cm³/mol. The Morgan fingerprint density at radius 2 is 1.92 bits per heavy atom. The summed E-state index contributed by atoms with van der Waals surface area (Å²) in [6, 6.07) is 2.96. The summed E-state index contributed by atoms with van der Waals surface area (Å²) in [6.07, 6.45) is 2.48. The second-order valence-corrected chi connectivity index (χ2v) is 7.10. The molecular weight excluding hydrogens is 316 g/mol. The van der Waals surface area contributed by atoms with Crippen molar-refractivity contribution < 1.29 is 19.4 Å². The standard InChI is InChI=1S/C16H18N2O6/c1-16(2)9-3-6-14(12(16)7-9)24-15(19)11-5-4-10(17(20)21)8-13(11)18(22)23/h4-5,8-9,12,14H,3,6-7H2,1-2H3/t9?,12?,14-/m0/s1. The quantitative estimate of drug-likeness (QED) is 0.473. The molecule has 0 aromatic heterocycles. The molecule has 3 fully saturated rings. The Bertz CT molecular complexity index is 727. The van der Waals surface area contributed by atoms with Crippen LogP contribution in [0.15, 0.2) is 18.2 Å². The Balaban J connectivity index is 1.82. The van der Waals surface area contributed by atoms with Crippen LogP contribution in [0.1, 0.15) is 43.5 Å². The van der Waals surface area contributed by atoms with Crippen molar-refractivity contribution in [3.05, 3.63) is 44.0 Å². The first-order valence-corrected chi connectivity index (χ1v) is 7.85. The van der Waals surface area contributed by atoms with Crippen LogP contribution in [0.2, 0.25) is 0 Å². The second-order valence-electron chi connectivity index (χ2n) is 7.10. The van der Waals surface area contributed by atoms with E-state index < -0.39 is 27.2 Å². The highest BCUT2D eigenvalue weighted by Crippen LogP contribution is 2.59. The Kier molecular flexibility index (Phi) is 3.77. The Hall–Kier alpha value is -2.51. The maximum absolute atomic E-state index is 12.4. The lowest BCUT2D eigenvalue weighted by Gasteiger charge is -2.59. The average molecular weight is 334 g/mol. The van der Waals surface area contributed by atoms with Crippen molar-refractivity contribution in [2.45, 2.75) is 39.2 Å². The van der Waals surface area contributed by atoms with Gasteiger partial charge in [-0.15, -0.1) is 0 Å². The van der Waals surface area contributed by atoms with Gasteiger partial charge in [0.2, 0.25) is 0 Å². The van der Waals surface area contributed by atoms with Crippen LogP contribution in [0.5, 0.6) is 0 Å². The van der Waals surface area contributed by atoms with Gasteiger partial charge >= 0.3 is 5.97 Å². The lowest BCUT2D eigenvalue weighted by molar-refractivity contribution is -0.394. The molecule has 0 amide bonds. The van der Waals surface area contributed by atoms with Crippen LogP contribution in [-0.2, 0) is 4.74 Å². The lowest BCUT2D eigenvalue weighted by atomic mass is 9.48. The van der Waals surface area contributed by atoms with Crippen LogP contribution in [0, 0.1) is 37.5 Å². The number of nitrogens with zero attached hydrogens (tertiary/aromatic N) is 2. The van der Waals surface area contributed by atoms with Crippen LogP contribution in [0.4, 0.5) is 11.4 Å². The molecule has 3 aliphatic carbocycles. The highest BCUT2D eigenvalue weighted by atomic mass is 16.6. The number of ether oxygens (including phenoxy) is 1. The largest absolute Gasteiger partial charge is 0.458 e. The fourth-order valence-electron chi connectivity index (χ4n) is 4.04. The summed E-state index contributed by atoms with van der Waals surface area (Å²) in [6.45, 7) is 4.31. The van der Waals surface area contributed by atoms with Gasteiger partial charge in [-0.1, -0.05) is 13.8 Å². The predicted octanol–water partition coefficient (Wildman–Crippen LogP) is 3.48. The minimum Gasteiger partial charge on any atom is -0.458 e. The van der Waals surface area contributed by atoms with Gasteiger partial charge in [0.05, 0.1) is 15.9 Å². The van der Waals surface area contributed by atoms with Crippen LogP contribution < -0.4 is 0 Å². The van der Waals surface area contributed by atoms with E-state index in [4.69, 9.17) is 4.74 Å². The summed E-state index contributed by atoms with van der Waals surface area (Å²) >= 11 is 0. The van der Waals surface area contributed by atoms with Gasteiger partial charge in [0.15, 0.2) is 0 Å². The Morgan fingerprint density at radius 1 is 1.21 bits per heavy atom. The average Bonchev–Trinajstić information content (AvgIpc) is 2.53. The van der Waals surface area contributed by atoms with Crippen molar-refractivity contribution in [3.63, 3.8) is 0 Å². The summed E-state index contributed by atoms with van der Waals surface area (Å²) in [7, 11) is 0. The molecule has 3 atom stereocenters. The topological polar surface area (TPSA) is 113 Å². The van der Waals surface area contributed by atoms with E-state index in [2.05, 4.69) is 13.8 Å². The number of rotatable bonds is 4. The fraction of sp³-hybridized carbons (Fsp3) is 0.562. The number of carbonyl (C=O) groups excluding carboxylic acids is 1. The first-order valence-electron chi connectivity index (χ1n) is 7.85. The Labute approximate surface area is 138 Å². The van der Waals surface area contributed by atoms with Crippen molar-refractivity contribution in [1.29, 1.82) is 0 Å². The number of benzene rings is 1. The highest BCUT2D eigenvalue weighted by molar-refractivity contribution is 5.94. The molecule has 0 N–H and O–H groups in total. The molecule has 4 rings (SSSR count). The first kappa shape index (κ1) is 16.4. The number of esters is 1. The second kappa shape index (κ2) is 5.54. The van der Waals surface area contributed by atoms with Crippen molar-refractivity contribution in [3.8, 4) is 0 Å². The number of hydrogen-bond acceptors (Lipinski definition) is 6. The minimum atomic E-state index is -0.798. The van der Waals surface area contributed by atoms with E-state index in [1.807, 2.05) is 0 Å². The molecule has 1 aromatic rings. The molecular formula is C16H18N2O6. The number of non-ortho nitro benzene ring substituents is 1. The normalized spacial score (nSPS) is 27.0. The molecule has 8 nitrogen and oxygen atoms in total. The zero-order valence-corrected chi connectivity index (χ0v) is 13.4. The monoisotopic (exact) mass is 334 g/mol. The third kappa shape index (κ3) is 2.51. The van der Waals surface area contributed by atoms with Crippen LogP contribution >= 0.6 is 0 Å². The molecule has 3 aliphatic rings. The van der Waals surface area contributed by atoms with Gasteiger partial charge in [-0.05, 0) is 36.7 Å². The van der Waals surface area contributed by atoms with E-state index in [0.29, 0.717) is 5.92 Å². The minimum absolute atomic E-state index is 0.116. The Morgan fingerprint density at radius 3 is 2.46 bits per heavy atom. The summed E-state index contributed by atoms with van der Waals surface area (Å²) in [5.41, 5.74) is -1.16. The van der Waals surface area contributed by atoms with Gasteiger partial charge in [0, 0.05) is 12.0 Å². The first-order chi connectivity index (χ1) is 11.2. The number of fused-ring (bicyclic) bond motifs is 2. The molecule has 128 valence electrons. The zero-order valence-electron chi connectivity index (χ0n) is 13.4. The number of hydrogen-bond donors (Lipinski definition) is 0. The van der Waals surface area contributed by atoms with E-state index in [1.165, 1.54) is 0 Å². The van der Waals surface area contributed by atoms with E-state index >= 15 is 0 Å². The summed E-state index contributed by atoms with van der Waals surface area (Å²) in [5, 5.41) is 21.9. The van der Waals surface area contributed by atoms with E-state index in [9.17, 15) is 25.0 Å². The van der Waals surface area contributed by atoms with E-state index in [-0.39, 0.29) is 23.0 Å². The molecule has 0 radical (unpaired) electrons. The molecule has 2 bridgehead atoms. The third-order valence-electron chi connectivity index (χ3n) is 5.66. The van der Waals surface area contributed by atoms with Crippen LogP contribution in [0.25, 0.3) is 0 Å². The van der Waals surface area contributed by atoms with Crippen molar-refractivity contribution in [2.75, 3.05) is 0 Å². The molecule has 2 unspecified atom stereocenters. The number of nitro benzene ring substituents is 2. The highest BCUT2D eigenvalue weighted by Gasteiger charge is 2.55. The summed E-state index contributed by atoms with van der Waals surface area (Å²) in [5.74, 6) is 0.117. The van der Waals surface area contributed by atoms with Gasteiger partial charge in [-0.2, -0.15) is 0 Å². The molecule has 8 heteroatoms. The number of nitro groups is 2. The maximum Gasteiger partial charge on any atom is 0.345 e. The van der Waals surface area contributed by atoms with Gasteiger partial charge in [0.25, 0.3) is 11.4 Å². The maximum atomic E-state index is 12.4. The van der Waals surface area contributed by atoms with Gasteiger partial charge in [0.1, 0.15) is 11.7 Å². The fourth-order valence-corrected chi connectivity index (χ4v) is 4.04. The van der Waals surface area contributed by atoms with Crippen molar-refractivity contribution >= 4 is 17.3 Å². The van der Waals surface area contributed by atoms with Gasteiger partial charge < -0.3 is 4.74 Å². The van der Waals surface area contributed by atoms with Crippen LogP contribution in [-0.4, -0.2) is 21.9 Å². The number of carbonyl (C=O) groups is 1. The SMILES string of the molecule is CC1(C)C2CC[C@H](OC(=O)c3ccc([N+](=O)[O-])cc3[N+](=O)[O-])C1C2. The van der Waals surface area contributed by atoms with E-state index in [0.717, 1.165) is 37.5 Å².